The third-order valence-corrected chi connectivity index (χ3v) is 3.21. The van der Waals surface area contributed by atoms with Gasteiger partial charge in [-0.1, -0.05) is 52.3 Å². The van der Waals surface area contributed by atoms with Gasteiger partial charge in [-0.15, -0.1) is 0 Å². The Bertz CT molecular complexity index is 335. The van der Waals surface area contributed by atoms with Crippen LogP contribution in [0.4, 0.5) is 4.39 Å². The average Bonchev–Trinajstić information content (AvgIpc) is 2.30. The maximum atomic E-state index is 13.9. The highest BCUT2D eigenvalue weighted by atomic mass is 19.1. The second-order valence-corrected chi connectivity index (χ2v) is 5.75. The number of benzene rings is 1. The Hall–Kier alpha value is -0.890. The summed E-state index contributed by atoms with van der Waals surface area (Å²) in [6.45, 7) is 9.54. The molecule has 0 amide bonds. The zero-order valence-electron chi connectivity index (χ0n) is 12.0. The van der Waals surface area contributed by atoms with Crippen molar-refractivity contribution in [1.82, 2.24) is 5.32 Å². The molecule has 0 radical (unpaired) electrons. The Balaban J connectivity index is 2.73. The Labute approximate surface area is 111 Å². The first-order chi connectivity index (χ1) is 8.50. The van der Waals surface area contributed by atoms with Crippen LogP contribution < -0.4 is 5.32 Å². The van der Waals surface area contributed by atoms with E-state index in [0.29, 0.717) is 12.0 Å². The molecule has 0 saturated carbocycles. The van der Waals surface area contributed by atoms with E-state index in [1.807, 2.05) is 12.1 Å². The number of nitrogens with one attached hydrogen (secondary N) is 1. The van der Waals surface area contributed by atoms with Crippen molar-refractivity contribution in [2.45, 2.75) is 52.5 Å². The molecule has 0 fully saturated rings. The second kappa shape index (κ2) is 7.52. The molecule has 1 N–H and O–H groups in total. The molecule has 0 aliphatic heterocycles. The largest absolute Gasteiger partial charge is 0.314 e. The molecule has 1 rings (SSSR count). The molecule has 1 nitrogen and oxygen atoms in total. The van der Waals surface area contributed by atoms with Crippen LogP contribution in [0.3, 0.4) is 0 Å². The molecule has 1 aromatic rings. The Kier molecular flexibility index (Phi) is 6.34. The van der Waals surface area contributed by atoms with E-state index >= 15 is 0 Å². The molecule has 0 bridgehead atoms. The fourth-order valence-electron chi connectivity index (χ4n) is 2.09. The van der Waals surface area contributed by atoms with Crippen molar-refractivity contribution in [2.75, 3.05) is 6.54 Å². The molecular formula is C16H26FN. The summed E-state index contributed by atoms with van der Waals surface area (Å²) in [4.78, 5) is 0. The maximum absolute atomic E-state index is 13.9. The lowest BCUT2D eigenvalue weighted by atomic mass is 9.90. The van der Waals surface area contributed by atoms with Gasteiger partial charge in [0.15, 0.2) is 0 Å². The van der Waals surface area contributed by atoms with E-state index in [2.05, 4.69) is 33.0 Å². The first-order valence-corrected chi connectivity index (χ1v) is 6.98. The Morgan fingerprint density at radius 2 is 1.72 bits per heavy atom. The van der Waals surface area contributed by atoms with Gasteiger partial charge in [-0.2, -0.15) is 0 Å². The summed E-state index contributed by atoms with van der Waals surface area (Å²) in [5, 5.41) is 3.43. The van der Waals surface area contributed by atoms with Crippen molar-refractivity contribution >= 4 is 0 Å². The first-order valence-electron chi connectivity index (χ1n) is 6.98. The zero-order chi connectivity index (χ0) is 13.5. The molecule has 1 atom stereocenters. The average molecular weight is 251 g/mol. The van der Waals surface area contributed by atoms with Crippen LogP contribution in [-0.2, 0) is 0 Å². The van der Waals surface area contributed by atoms with Gasteiger partial charge in [0, 0.05) is 12.6 Å². The van der Waals surface area contributed by atoms with Crippen LogP contribution in [0.25, 0.3) is 0 Å². The van der Waals surface area contributed by atoms with Crippen LogP contribution in [-0.4, -0.2) is 12.6 Å². The lowest BCUT2D eigenvalue weighted by molar-refractivity contribution is 0.447. The number of hydrogen-bond acceptors (Lipinski definition) is 1. The molecule has 0 aliphatic rings. The van der Waals surface area contributed by atoms with Crippen molar-refractivity contribution in [3.8, 4) is 0 Å². The van der Waals surface area contributed by atoms with Gasteiger partial charge < -0.3 is 5.32 Å². The van der Waals surface area contributed by atoms with Gasteiger partial charge in [-0.3, -0.25) is 0 Å². The van der Waals surface area contributed by atoms with Crippen LogP contribution in [0.15, 0.2) is 24.3 Å². The highest BCUT2D eigenvalue weighted by molar-refractivity contribution is 5.22. The van der Waals surface area contributed by atoms with E-state index < -0.39 is 0 Å². The van der Waals surface area contributed by atoms with E-state index in [0.717, 1.165) is 24.9 Å². The lowest BCUT2D eigenvalue weighted by Gasteiger charge is -2.21. The predicted molar refractivity (Wildman–Crippen MR) is 76.4 cm³/mol. The van der Waals surface area contributed by atoms with Crippen molar-refractivity contribution < 1.29 is 4.39 Å². The summed E-state index contributed by atoms with van der Waals surface area (Å²) in [5.41, 5.74) is 0.853. The molecule has 102 valence electrons. The van der Waals surface area contributed by atoms with Crippen molar-refractivity contribution in [1.29, 1.82) is 0 Å². The summed E-state index contributed by atoms with van der Waals surface area (Å²) < 4.78 is 13.9. The summed E-state index contributed by atoms with van der Waals surface area (Å²) in [6.07, 6.45) is 2.18. The molecule has 1 aromatic carbocycles. The highest BCUT2D eigenvalue weighted by Crippen LogP contribution is 2.25. The number of rotatable bonds is 7. The van der Waals surface area contributed by atoms with Gasteiger partial charge in [-0.25, -0.2) is 4.39 Å². The van der Waals surface area contributed by atoms with E-state index in [1.54, 1.807) is 12.1 Å². The first kappa shape index (κ1) is 15.2. The summed E-state index contributed by atoms with van der Waals surface area (Å²) in [6, 6.07) is 7.61. The van der Waals surface area contributed by atoms with Gasteiger partial charge in [0.1, 0.15) is 5.82 Å². The molecule has 0 aliphatic carbocycles. The van der Waals surface area contributed by atoms with Crippen LogP contribution in [0, 0.1) is 11.7 Å². The van der Waals surface area contributed by atoms with E-state index in [1.165, 1.54) is 0 Å². The molecule has 18 heavy (non-hydrogen) atoms. The van der Waals surface area contributed by atoms with Crippen LogP contribution in [0.2, 0.25) is 0 Å². The molecule has 0 spiro atoms. The van der Waals surface area contributed by atoms with Gasteiger partial charge in [0.25, 0.3) is 0 Å². The Morgan fingerprint density at radius 3 is 2.28 bits per heavy atom. The standard InChI is InChI=1S/C16H26FN/c1-12(2)9-10-14(11-18-13(3)4)15-7-5-6-8-16(15)17/h5-8,12-14,18H,9-11H2,1-4H3. The van der Waals surface area contributed by atoms with Crippen molar-refractivity contribution in [3.05, 3.63) is 35.6 Å². The molecular weight excluding hydrogens is 225 g/mol. The van der Waals surface area contributed by atoms with Crippen LogP contribution >= 0.6 is 0 Å². The molecule has 1 unspecified atom stereocenters. The fourth-order valence-corrected chi connectivity index (χ4v) is 2.09. The Morgan fingerprint density at radius 1 is 1.06 bits per heavy atom. The molecule has 0 aromatic heterocycles. The zero-order valence-corrected chi connectivity index (χ0v) is 12.0. The van der Waals surface area contributed by atoms with Gasteiger partial charge in [-0.05, 0) is 29.9 Å². The number of halogens is 1. The van der Waals surface area contributed by atoms with Gasteiger partial charge in [0.2, 0.25) is 0 Å². The fraction of sp³-hybridized carbons (Fsp3) is 0.625. The highest BCUT2D eigenvalue weighted by Gasteiger charge is 2.16. The van der Waals surface area contributed by atoms with Crippen molar-refractivity contribution in [2.24, 2.45) is 5.92 Å². The second-order valence-electron chi connectivity index (χ2n) is 5.75. The topological polar surface area (TPSA) is 12.0 Å². The summed E-state index contributed by atoms with van der Waals surface area (Å²) in [5.74, 6) is 0.867. The third-order valence-electron chi connectivity index (χ3n) is 3.21. The van der Waals surface area contributed by atoms with Crippen molar-refractivity contribution in [3.63, 3.8) is 0 Å². The van der Waals surface area contributed by atoms with E-state index in [-0.39, 0.29) is 11.7 Å². The minimum atomic E-state index is -0.0724. The number of hydrogen-bond donors (Lipinski definition) is 1. The predicted octanol–water partition coefficient (Wildman–Crippen LogP) is 4.34. The molecule has 2 heteroatoms. The minimum absolute atomic E-state index is 0.0724. The van der Waals surface area contributed by atoms with E-state index in [9.17, 15) is 4.39 Å². The van der Waals surface area contributed by atoms with E-state index in [4.69, 9.17) is 0 Å². The normalized spacial score (nSPS) is 13.3. The van der Waals surface area contributed by atoms with Crippen LogP contribution in [0.5, 0.6) is 0 Å². The smallest absolute Gasteiger partial charge is 0.126 e. The quantitative estimate of drug-likeness (QED) is 0.760. The van der Waals surface area contributed by atoms with Gasteiger partial charge >= 0.3 is 0 Å². The maximum Gasteiger partial charge on any atom is 0.126 e. The van der Waals surface area contributed by atoms with Crippen LogP contribution in [0.1, 0.15) is 52.0 Å². The summed E-state index contributed by atoms with van der Waals surface area (Å²) >= 11 is 0. The monoisotopic (exact) mass is 251 g/mol. The molecule has 0 saturated heterocycles. The van der Waals surface area contributed by atoms with Gasteiger partial charge in [0.05, 0.1) is 0 Å². The lowest BCUT2D eigenvalue weighted by Crippen LogP contribution is -2.28. The SMILES string of the molecule is CC(C)CCC(CNC(C)C)c1ccccc1F. The minimum Gasteiger partial charge on any atom is -0.314 e. The summed E-state index contributed by atoms with van der Waals surface area (Å²) in [7, 11) is 0. The third kappa shape index (κ3) is 5.18. The molecule has 0 heterocycles.